The normalized spacial score (nSPS) is 13.5. The van der Waals surface area contributed by atoms with Gasteiger partial charge in [-0.2, -0.15) is 0 Å². The molecule has 0 radical (unpaired) electrons. The monoisotopic (exact) mass is 826 g/mol. The van der Waals surface area contributed by atoms with Gasteiger partial charge in [0.1, 0.15) is 6.61 Å². The van der Waals surface area contributed by atoms with Gasteiger partial charge in [-0.1, -0.05) is 192 Å². The first-order valence-electron chi connectivity index (χ1n) is 23.5. The van der Waals surface area contributed by atoms with Gasteiger partial charge >= 0.3 is 19.8 Å². The maximum absolute atomic E-state index is 12.6. The molecule has 3 N–H and O–H groups in total. The summed E-state index contributed by atoms with van der Waals surface area (Å²) >= 11 is 0. The van der Waals surface area contributed by atoms with E-state index >= 15 is 0 Å². The number of carbonyl (C=O) groups is 2. The molecule has 0 amide bonds. The third kappa shape index (κ3) is 43.6. The highest BCUT2D eigenvalue weighted by Crippen LogP contribution is 2.43. The Morgan fingerprint density at radius 1 is 0.526 bits per heavy atom. The number of rotatable bonds is 44. The fourth-order valence-electron chi connectivity index (χ4n) is 6.52. The highest BCUT2D eigenvalue weighted by atomic mass is 31.2. The van der Waals surface area contributed by atoms with Crippen LogP contribution in [0.1, 0.15) is 219 Å². The van der Waals surface area contributed by atoms with Gasteiger partial charge in [0.25, 0.3) is 0 Å². The lowest BCUT2D eigenvalue weighted by Crippen LogP contribution is -2.29. The van der Waals surface area contributed by atoms with Gasteiger partial charge in [-0.25, -0.2) is 4.57 Å². The van der Waals surface area contributed by atoms with Crippen LogP contribution in [0.25, 0.3) is 0 Å². The van der Waals surface area contributed by atoms with Crippen molar-refractivity contribution < 1.29 is 37.6 Å². The van der Waals surface area contributed by atoms with Crippen LogP contribution in [0.4, 0.5) is 0 Å². The molecule has 2 atom stereocenters. The van der Waals surface area contributed by atoms with Crippen LogP contribution in [0.3, 0.4) is 0 Å². The zero-order valence-corrected chi connectivity index (χ0v) is 37.7. The number of hydrogen-bond donors (Lipinski definition) is 2. The third-order valence-electron chi connectivity index (χ3n) is 10.0. The van der Waals surface area contributed by atoms with Crippen molar-refractivity contribution in [2.75, 3.05) is 26.4 Å². The average molecular weight is 826 g/mol. The van der Waals surface area contributed by atoms with Crippen molar-refractivity contribution in [3.05, 3.63) is 36.5 Å². The van der Waals surface area contributed by atoms with Crippen molar-refractivity contribution in [3.8, 4) is 0 Å². The summed E-state index contributed by atoms with van der Waals surface area (Å²) in [6.07, 6.45) is 48.8. The molecule has 0 aliphatic heterocycles. The minimum atomic E-state index is -4.38. The summed E-state index contributed by atoms with van der Waals surface area (Å²) in [6.45, 7) is 3.72. The van der Waals surface area contributed by atoms with Gasteiger partial charge in [0.15, 0.2) is 6.10 Å². The molecule has 10 heteroatoms. The number of phosphoric ester groups is 1. The fraction of sp³-hybridized carbons (Fsp3) is 0.830. The van der Waals surface area contributed by atoms with E-state index in [1.165, 1.54) is 116 Å². The summed E-state index contributed by atoms with van der Waals surface area (Å²) in [5, 5.41) is 0. The zero-order chi connectivity index (χ0) is 41.8. The van der Waals surface area contributed by atoms with E-state index in [0.717, 1.165) is 70.6 Å². The van der Waals surface area contributed by atoms with Gasteiger partial charge in [-0.3, -0.25) is 18.6 Å². The fourth-order valence-corrected chi connectivity index (χ4v) is 7.29. The van der Waals surface area contributed by atoms with E-state index in [4.69, 9.17) is 24.3 Å². The van der Waals surface area contributed by atoms with E-state index in [1.54, 1.807) is 0 Å². The topological polar surface area (TPSA) is 134 Å². The van der Waals surface area contributed by atoms with Crippen molar-refractivity contribution in [1.82, 2.24) is 0 Å². The number of unbranched alkanes of at least 4 members (excludes halogenated alkanes) is 25. The van der Waals surface area contributed by atoms with Crippen LogP contribution in [0, 0.1) is 0 Å². The van der Waals surface area contributed by atoms with Crippen molar-refractivity contribution in [1.29, 1.82) is 0 Å². The van der Waals surface area contributed by atoms with Gasteiger partial charge in [0.05, 0.1) is 13.2 Å². The first-order chi connectivity index (χ1) is 27.8. The molecule has 0 aromatic carbocycles. The van der Waals surface area contributed by atoms with Crippen LogP contribution in [0.15, 0.2) is 36.5 Å². The Bertz CT molecular complexity index is 1030. The lowest BCUT2D eigenvalue weighted by Gasteiger charge is -2.19. The molecule has 0 aromatic rings. The molecule has 334 valence electrons. The number of esters is 2. The van der Waals surface area contributed by atoms with Crippen LogP contribution in [-0.4, -0.2) is 49.3 Å². The molecule has 0 bridgehead atoms. The molecule has 0 saturated carbocycles. The minimum absolute atomic E-state index is 0.0515. The van der Waals surface area contributed by atoms with Gasteiger partial charge in [-0.15, -0.1) is 0 Å². The second kappa shape index (κ2) is 43.8. The standard InChI is InChI=1S/C47H88NO8P/c1-3-5-7-9-11-13-15-17-19-21-22-24-26-28-30-32-34-36-38-40-47(50)56-45(44-55-57(51,52)54-42-41-48)43-53-46(49)39-37-35-33-31-29-27-25-23-20-18-16-14-12-10-8-6-4-2/h11,13,17,19,22,24,45H,3-10,12,14-16,18,20-21,23,25-44,48H2,1-2H3,(H,51,52)/b13-11-,19-17-,24-22-. The maximum Gasteiger partial charge on any atom is 0.472 e. The van der Waals surface area contributed by atoms with Crippen LogP contribution < -0.4 is 5.73 Å². The van der Waals surface area contributed by atoms with E-state index in [2.05, 4.69) is 50.3 Å². The summed E-state index contributed by atoms with van der Waals surface area (Å²) in [5.41, 5.74) is 5.36. The van der Waals surface area contributed by atoms with E-state index in [9.17, 15) is 19.0 Å². The maximum atomic E-state index is 12.6. The molecule has 0 saturated heterocycles. The van der Waals surface area contributed by atoms with Crippen LogP contribution >= 0.6 is 7.82 Å². The molecule has 0 aromatic heterocycles. The molecule has 0 fully saturated rings. The average Bonchev–Trinajstić information content (AvgIpc) is 3.20. The van der Waals surface area contributed by atoms with Gasteiger partial charge < -0.3 is 20.1 Å². The predicted molar refractivity (Wildman–Crippen MR) is 238 cm³/mol. The van der Waals surface area contributed by atoms with Crippen molar-refractivity contribution >= 4 is 19.8 Å². The molecule has 2 unspecified atom stereocenters. The molecule has 0 rings (SSSR count). The Hall–Kier alpha value is -1.77. The third-order valence-corrected chi connectivity index (χ3v) is 11.0. The predicted octanol–water partition coefficient (Wildman–Crippen LogP) is 13.7. The van der Waals surface area contributed by atoms with E-state index in [-0.39, 0.29) is 38.6 Å². The minimum Gasteiger partial charge on any atom is -0.462 e. The van der Waals surface area contributed by atoms with Crippen LogP contribution in [0.2, 0.25) is 0 Å². The summed E-state index contributed by atoms with van der Waals surface area (Å²) < 4.78 is 32.8. The molecule has 0 spiro atoms. The molecule has 9 nitrogen and oxygen atoms in total. The Morgan fingerprint density at radius 3 is 1.39 bits per heavy atom. The quantitative estimate of drug-likeness (QED) is 0.0266. The zero-order valence-electron chi connectivity index (χ0n) is 36.8. The number of ether oxygens (including phenoxy) is 2. The largest absolute Gasteiger partial charge is 0.472 e. The van der Waals surface area contributed by atoms with Gasteiger partial charge in [-0.05, 0) is 51.4 Å². The van der Waals surface area contributed by atoms with Gasteiger partial charge in [0.2, 0.25) is 0 Å². The Balaban J connectivity index is 4.12. The molecular formula is C47H88NO8P. The Morgan fingerprint density at radius 2 is 0.912 bits per heavy atom. The lowest BCUT2D eigenvalue weighted by atomic mass is 10.0. The van der Waals surface area contributed by atoms with E-state index in [1.807, 2.05) is 0 Å². The molecule has 0 aliphatic rings. The lowest BCUT2D eigenvalue weighted by molar-refractivity contribution is -0.161. The summed E-state index contributed by atoms with van der Waals surface area (Å²) in [5.74, 6) is -0.835. The first kappa shape index (κ1) is 55.2. The van der Waals surface area contributed by atoms with Crippen molar-refractivity contribution in [3.63, 3.8) is 0 Å². The molecular weight excluding hydrogens is 737 g/mol. The smallest absolute Gasteiger partial charge is 0.462 e. The number of allylic oxidation sites excluding steroid dienone is 6. The van der Waals surface area contributed by atoms with Crippen LogP contribution in [-0.2, 0) is 32.7 Å². The number of nitrogens with two attached hydrogens (primary N) is 1. The molecule has 0 heterocycles. The molecule has 57 heavy (non-hydrogen) atoms. The first-order valence-corrected chi connectivity index (χ1v) is 25.0. The van der Waals surface area contributed by atoms with Crippen LogP contribution in [0.5, 0.6) is 0 Å². The van der Waals surface area contributed by atoms with Crippen molar-refractivity contribution in [2.24, 2.45) is 5.73 Å². The second-order valence-corrected chi connectivity index (χ2v) is 17.1. The number of phosphoric acid groups is 1. The van der Waals surface area contributed by atoms with Gasteiger partial charge in [0, 0.05) is 19.4 Å². The highest BCUT2D eigenvalue weighted by Gasteiger charge is 2.26. The SMILES string of the molecule is CCCCC/C=C\C/C=C\C/C=C\CCCCCCCCC(=O)OC(COC(=O)CCCCCCCCCCCCCCCCCCC)COP(=O)(O)OCCN. The molecule has 0 aliphatic carbocycles. The Kier molecular flexibility index (Phi) is 42.4. The summed E-state index contributed by atoms with van der Waals surface area (Å²) in [6, 6.07) is 0. The summed E-state index contributed by atoms with van der Waals surface area (Å²) in [4.78, 5) is 34.9. The second-order valence-electron chi connectivity index (χ2n) is 15.6. The van der Waals surface area contributed by atoms with E-state index in [0.29, 0.717) is 6.42 Å². The highest BCUT2D eigenvalue weighted by molar-refractivity contribution is 7.47. The number of hydrogen-bond acceptors (Lipinski definition) is 8. The van der Waals surface area contributed by atoms with Crippen molar-refractivity contribution in [2.45, 2.75) is 225 Å². The number of carbonyl (C=O) groups excluding carboxylic acids is 2. The summed E-state index contributed by atoms with van der Waals surface area (Å²) in [7, 11) is -4.38. The Labute approximate surface area is 350 Å². The van der Waals surface area contributed by atoms with E-state index < -0.39 is 26.5 Å².